The second-order valence-corrected chi connectivity index (χ2v) is 3.54. The monoisotopic (exact) mass is 223 g/mol. The maximum Gasteiger partial charge on any atom is 0.148 e. The minimum atomic E-state index is -0.225. The van der Waals surface area contributed by atoms with Gasteiger partial charge in [0.15, 0.2) is 0 Å². The molecule has 0 aliphatic heterocycles. The first-order chi connectivity index (χ1) is 8.04. The standard InChI is InChI=1S/C13H9N3O/c1-8-3-10(4-9(2)13(8)17)12(7-16)11(5-14)6-15/h3-4,17H,1-2H3. The van der Waals surface area contributed by atoms with E-state index in [1.165, 1.54) is 0 Å². The van der Waals surface area contributed by atoms with Crippen molar-refractivity contribution in [1.29, 1.82) is 15.8 Å². The quantitative estimate of drug-likeness (QED) is 0.739. The summed E-state index contributed by atoms with van der Waals surface area (Å²) in [6.07, 6.45) is 0. The van der Waals surface area contributed by atoms with Gasteiger partial charge in [-0.05, 0) is 42.7 Å². The summed E-state index contributed by atoms with van der Waals surface area (Å²) >= 11 is 0. The second kappa shape index (κ2) is 4.84. The van der Waals surface area contributed by atoms with Gasteiger partial charge in [0.05, 0.1) is 5.57 Å². The van der Waals surface area contributed by atoms with Crippen molar-refractivity contribution in [3.63, 3.8) is 0 Å². The SMILES string of the molecule is Cc1cc(C(C#N)=C(C#N)C#N)cc(C)c1O. The Morgan fingerprint density at radius 1 is 1.00 bits per heavy atom. The highest BCUT2D eigenvalue weighted by Crippen LogP contribution is 2.27. The lowest BCUT2D eigenvalue weighted by Crippen LogP contribution is -1.90. The Labute approximate surface area is 99.3 Å². The number of benzene rings is 1. The third kappa shape index (κ3) is 2.25. The number of nitrogens with zero attached hydrogens (tertiary/aromatic N) is 3. The van der Waals surface area contributed by atoms with Crippen LogP contribution in [0.5, 0.6) is 5.75 Å². The lowest BCUT2D eigenvalue weighted by atomic mass is 9.97. The zero-order chi connectivity index (χ0) is 13.0. The van der Waals surface area contributed by atoms with Crippen molar-refractivity contribution >= 4 is 5.57 Å². The molecule has 0 aromatic heterocycles. The van der Waals surface area contributed by atoms with Crippen LogP contribution in [0.15, 0.2) is 17.7 Å². The van der Waals surface area contributed by atoms with Crippen LogP contribution in [-0.2, 0) is 0 Å². The molecule has 0 saturated heterocycles. The number of hydrogen-bond donors (Lipinski definition) is 1. The predicted octanol–water partition coefficient (Wildman–Crippen LogP) is 2.33. The van der Waals surface area contributed by atoms with Crippen LogP contribution in [0, 0.1) is 47.8 Å². The minimum Gasteiger partial charge on any atom is -0.507 e. The number of phenolic OH excluding ortho intramolecular Hbond substituents is 1. The van der Waals surface area contributed by atoms with E-state index in [1.54, 1.807) is 38.1 Å². The number of allylic oxidation sites excluding steroid dienone is 2. The van der Waals surface area contributed by atoms with Crippen LogP contribution in [0.25, 0.3) is 5.57 Å². The highest BCUT2D eigenvalue weighted by Gasteiger charge is 2.11. The summed E-state index contributed by atoms with van der Waals surface area (Å²) in [6.45, 7) is 3.39. The van der Waals surface area contributed by atoms with Crippen LogP contribution in [0.3, 0.4) is 0 Å². The third-order valence-electron chi connectivity index (χ3n) is 2.37. The summed E-state index contributed by atoms with van der Waals surface area (Å²) in [6, 6.07) is 8.38. The van der Waals surface area contributed by atoms with Crippen LogP contribution in [0.1, 0.15) is 16.7 Å². The zero-order valence-corrected chi connectivity index (χ0v) is 9.44. The van der Waals surface area contributed by atoms with E-state index in [4.69, 9.17) is 15.8 Å². The third-order valence-corrected chi connectivity index (χ3v) is 2.37. The molecule has 1 N–H and O–H groups in total. The van der Waals surface area contributed by atoms with Gasteiger partial charge in [0, 0.05) is 0 Å². The Kier molecular flexibility index (Phi) is 3.50. The molecule has 1 rings (SSSR count). The average molecular weight is 223 g/mol. The van der Waals surface area contributed by atoms with E-state index in [-0.39, 0.29) is 16.9 Å². The number of rotatable bonds is 1. The van der Waals surface area contributed by atoms with Gasteiger partial charge < -0.3 is 5.11 Å². The van der Waals surface area contributed by atoms with E-state index in [1.807, 2.05) is 6.07 Å². The predicted molar refractivity (Wildman–Crippen MR) is 61.3 cm³/mol. The van der Waals surface area contributed by atoms with Crippen LogP contribution < -0.4 is 0 Å². The van der Waals surface area contributed by atoms with Crippen molar-refractivity contribution in [1.82, 2.24) is 0 Å². The van der Waals surface area contributed by atoms with Gasteiger partial charge in [-0.2, -0.15) is 15.8 Å². The van der Waals surface area contributed by atoms with Crippen molar-refractivity contribution in [2.24, 2.45) is 0 Å². The zero-order valence-electron chi connectivity index (χ0n) is 9.44. The molecule has 0 fully saturated rings. The molecule has 4 nitrogen and oxygen atoms in total. The summed E-state index contributed by atoms with van der Waals surface area (Å²) in [7, 11) is 0. The smallest absolute Gasteiger partial charge is 0.148 e. The summed E-state index contributed by atoms with van der Waals surface area (Å²) in [5.41, 5.74) is 1.47. The van der Waals surface area contributed by atoms with Gasteiger partial charge in [0.1, 0.15) is 29.5 Å². The fourth-order valence-electron chi connectivity index (χ4n) is 1.50. The number of aryl methyl sites for hydroxylation is 2. The van der Waals surface area contributed by atoms with Gasteiger partial charge in [-0.3, -0.25) is 0 Å². The molecular weight excluding hydrogens is 214 g/mol. The topological polar surface area (TPSA) is 91.6 Å². The average Bonchev–Trinajstić information content (AvgIpc) is 2.32. The van der Waals surface area contributed by atoms with E-state index in [0.717, 1.165) is 0 Å². The highest BCUT2D eigenvalue weighted by molar-refractivity contribution is 5.85. The van der Waals surface area contributed by atoms with Gasteiger partial charge in [-0.1, -0.05) is 0 Å². The lowest BCUT2D eigenvalue weighted by Gasteiger charge is -2.06. The Bertz CT molecular complexity index is 583. The second-order valence-electron chi connectivity index (χ2n) is 3.54. The first-order valence-corrected chi connectivity index (χ1v) is 4.80. The maximum atomic E-state index is 9.61. The molecule has 0 bridgehead atoms. The van der Waals surface area contributed by atoms with Crippen molar-refractivity contribution in [3.05, 3.63) is 34.4 Å². The molecule has 17 heavy (non-hydrogen) atoms. The first kappa shape index (κ1) is 12.3. The summed E-state index contributed by atoms with van der Waals surface area (Å²) in [5.74, 6) is 0.154. The van der Waals surface area contributed by atoms with Gasteiger partial charge in [-0.25, -0.2) is 0 Å². The van der Waals surface area contributed by atoms with Crippen LogP contribution >= 0.6 is 0 Å². The number of aromatic hydroxyl groups is 1. The molecule has 0 spiro atoms. The van der Waals surface area contributed by atoms with Crippen molar-refractivity contribution < 1.29 is 5.11 Å². The van der Waals surface area contributed by atoms with Crippen molar-refractivity contribution in [3.8, 4) is 24.0 Å². The van der Waals surface area contributed by atoms with Crippen LogP contribution in [0.4, 0.5) is 0 Å². The molecule has 1 aromatic carbocycles. The lowest BCUT2D eigenvalue weighted by molar-refractivity contribution is 0.467. The van der Waals surface area contributed by atoms with E-state index in [0.29, 0.717) is 16.7 Å². The number of phenols is 1. The van der Waals surface area contributed by atoms with Gasteiger partial charge >= 0.3 is 0 Å². The summed E-state index contributed by atoms with van der Waals surface area (Å²) < 4.78 is 0. The summed E-state index contributed by atoms with van der Waals surface area (Å²) in [4.78, 5) is 0. The van der Waals surface area contributed by atoms with Gasteiger partial charge in [-0.15, -0.1) is 0 Å². The Balaban J connectivity index is 3.57. The molecular formula is C13H9N3O. The van der Waals surface area contributed by atoms with E-state index in [2.05, 4.69) is 0 Å². The molecule has 1 aromatic rings. The Morgan fingerprint density at radius 3 is 1.82 bits per heavy atom. The first-order valence-electron chi connectivity index (χ1n) is 4.80. The molecule has 0 atom stereocenters. The molecule has 0 aliphatic rings. The van der Waals surface area contributed by atoms with Gasteiger partial charge in [0.25, 0.3) is 0 Å². The van der Waals surface area contributed by atoms with E-state index < -0.39 is 0 Å². The molecule has 0 aliphatic carbocycles. The summed E-state index contributed by atoms with van der Waals surface area (Å²) in [5, 5.41) is 36.1. The minimum absolute atomic E-state index is 0.0289. The number of nitriles is 3. The molecule has 82 valence electrons. The van der Waals surface area contributed by atoms with Gasteiger partial charge in [0.2, 0.25) is 0 Å². The molecule has 0 radical (unpaired) electrons. The Morgan fingerprint density at radius 2 is 1.47 bits per heavy atom. The fourth-order valence-corrected chi connectivity index (χ4v) is 1.50. The molecule has 0 amide bonds. The largest absolute Gasteiger partial charge is 0.507 e. The molecule has 0 unspecified atom stereocenters. The van der Waals surface area contributed by atoms with Crippen molar-refractivity contribution in [2.45, 2.75) is 13.8 Å². The molecule has 4 heteroatoms. The Hall–Kier alpha value is -2.77. The van der Waals surface area contributed by atoms with E-state index in [9.17, 15) is 5.11 Å². The number of hydrogen-bond acceptors (Lipinski definition) is 4. The molecule has 0 heterocycles. The highest BCUT2D eigenvalue weighted by atomic mass is 16.3. The van der Waals surface area contributed by atoms with Crippen LogP contribution in [0.2, 0.25) is 0 Å². The van der Waals surface area contributed by atoms with E-state index >= 15 is 0 Å². The normalized spacial score (nSPS) is 8.65. The fraction of sp³-hybridized carbons (Fsp3) is 0.154. The molecule has 0 saturated carbocycles. The maximum absolute atomic E-state index is 9.61. The van der Waals surface area contributed by atoms with Crippen molar-refractivity contribution in [2.75, 3.05) is 0 Å². The van der Waals surface area contributed by atoms with Crippen LogP contribution in [-0.4, -0.2) is 5.11 Å².